The molecule has 0 saturated heterocycles. The summed E-state index contributed by atoms with van der Waals surface area (Å²) in [6.45, 7) is 5.51. The van der Waals surface area contributed by atoms with Gasteiger partial charge in [0.2, 0.25) is 0 Å². The van der Waals surface area contributed by atoms with Gasteiger partial charge in [-0.15, -0.1) is 0 Å². The van der Waals surface area contributed by atoms with E-state index in [0.29, 0.717) is 25.3 Å². The monoisotopic (exact) mass is 280 g/mol. The van der Waals surface area contributed by atoms with Crippen LogP contribution in [0.25, 0.3) is 0 Å². The minimum absolute atomic E-state index is 0.118. The topological polar surface area (TPSA) is 73.6 Å². The Bertz CT molecular complexity index is 416. The summed E-state index contributed by atoms with van der Waals surface area (Å²) in [4.78, 5) is 11.9. The van der Waals surface area contributed by atoms with Crippen LogP contribution in [0.15, 0.2) is 24.3 Å². The molecule has 1 amide bonds. The van der Waals surface area contributed by atoms with Crippen LogP contribution in [-0.2, 0) is 4.74 Å². The smallest absolute Gasteiger partial charge is 0.251 e. The summed E-state index contributed by atoms with van der Waals surface area (Å²) in [6, 6.07) is 6.98. The summed E-state index contributed by atoms with van der Waals surface area (Å²) in [5, 5.41) is 2.82. The van der Waals surface area contributed by atoms with Gasteiger partial charge in [-0.1, -0.05) is 0 Å². The summed E-state index contributed by atoms with van der Waals surface area (Å²) in [5.74, 6) is 0.612. The fourth-order valence-electron chi connectivity index (χ4n) is 1.76. The average molecular weight is 280 g/mol. The highest BCUT2D eigenvalue weighted by atomic mass is 16.5. The highest BCUT2D eigenvalue weighted by molar-refractivity contribution is 5.94. The molecule has 0 aliphatic carbocycles. The Morgan fingerprint density at radius 3 is 2.50 bits per heavy atom. The normalized spacial score (nSPS) is 11.2. The Labute approximate surface area is 120 Å². The highest BCUT2D eigenvalue weighted by Crippen LogP contribution is 2.13. The van der Waals surface area contributed by atoms with Crippen molar-refractivity contribution in [2.45, 2.75) is 25.9 Å². The van der Waals surface area contributed by atoms with Gasteiger partial charge in [-0.25, -0.2) is 0 Å². The Balaban J connectivity index is 2.32. The van der Waals surface area contributed by atoms with Crippen molar-refractivity contribution >= 4 is 5.91 Å². The van der Waals surface area contributed by atoms with Crippen LogP contribution in [0.2, 0.25) is 0 Å². The molecule has 112 valence electrons. The van der Waals surface area contributed by atoms with E-state index in [-0.39, 0.29) is 11.5 Å². The maximum atomic E-state index is 11.9. The second kappa shape index (κ2) is 7.87. The standard InChI is InChI=1S/C15H24N2O3/c1-15(2,8-9-16)20-11-10-17-14(18)12-4-6-13(19-3)7-5-12/h4-7H,8-11,16H2,1-3H3,(H,17,18). The van der Waals surface area contributed by atoms with Gasteiger partial charge in [0.25, 0.3) is 5.91 Å². The Morgan fingerprint density at radius 1 is 1.30 bits per heavy atom. The van der Waals surface area contributed by atoms with Crippen molar-refractivity contribution in [2.75, 3.05) is 26.8 Å². The molecule has 20 heavy (non-hydrogen) atoms. The van der Waals surface area contributed by atoms with Crippen LogP contribution < -0.4 is 15.8 Å². The molecule has 3 N–H and O–H groups in total. The predicted octanol–water partition coefficient (Wildman–Crippen LogP) is 1.57. The molecule has 0 saturated carbocycles. The number of ether oxygens (including phenoxy) is 2. The molecule has 0 aliphatic heterocycles. The van der Waals surface area contributed by atoms with Crippen LogP contribution in [-0.4, -0.2) is 38.3 Å². The lowest BCUT2D eigenvalue weighted by atomic mass is 10.1. The second-order valence-corrected chi connectivity index (χ2v) is 5.13. The first-order valence-corrected chi connectivity index (χ1v) is 6.75. The van der Waals surface area contributed by atoms with E-state index >= 15 is 0 Å². The van der Waals surface area contributed by atoms with Crippen LogP contribution in [0.3, 0.4) is 0 Å². The van der Waals surface area contributed by atoms with Gasteiger partial charge < -0.3 is 20.5 Å². The molecule has 0 fully saturated rings. The van der Waals surface area contributed by atoms with Crippen molar-refractivity contribution in [3.8, 4) is 5.75 Å². The molecule has 5 nitrogen and oxygen atoms in total. The fourth-order valence-corrected chi connectivity index (χ4v) is 1.76. The van der Waals surface area contributed by atoms with Crippen LogP contribution in [0, 0.1) is 0 Å². The van der Waals surface area contributed by atoms with E-state index in [2.05, 4.69) is 5.32 Å². The number of nitrogens with one attached hydrogen (secondary N) is 1. The Kier molecular flexibility index (Phi) is 6.48. The molecule has 0 radical (unpaired) electrons. The molecule has 0 aromatic heterocycles. The molecule has 0 atom stereocenters. The van der Waals surface area contributed by atoms with Gasteiger partial charge in [0.05, 0.1) is 19.3 Å². The summed E-state index contributed by atoms with van der Waals surface area (Å²) >= 11 is 0. The molecular formula is C15H24N2O3. The van der Waals surface area contributed by atoms with Crippen LogP contribution in [0.5, 0.6) is 5.75 Å². The third-order valence-corrected chi connectivity index (χ3v) is 2.98. The van der Waals surface area contributed by atoms with Crippen molar-refractivity contribution in [2.24, 2.45) is 5.73 Å². The number of amides is 1. The van der Waals surface area contributed by atoms with Crippen LogP contribution >= 0.6 is 0 Å². The van der Waals surface area contributed by atoms with Crippen molar-refractivity contribution in [3.63, 3.8) is 0 Å². The molecule has 0 bridgehead atoms. The lowest BCUT2D eigenvalue weighted by molar-refractivity contribution is -0.0193. The number of hydrogen-bond acceptors (Lipinski definition) is 4. The van der Waals surface area contributed by atoms with Crippen molar-refractivity contribution in [3.05, 3.63) is 29.8 Å². The average Bonchev–Trinajstić information content (AvgIpc) is 2.43. The zero-order valence-corrected chi connectivity index (χ0v) is 12.4. The summed E-state index contributed by atoms with van der Waals surface area (Å²) in [5.41, 5.74) is 5.86. The van der Waals surface area contributed by atoms with E-state index in [1.54, 1.807) is 31.4 Å². The van der Waals surface area contributed by atoms with Gasteiger partial charge in [-0.3, -0.25) is 4.79 Å². The van der Waals surface area contributed by atoms with E-state index in [4.69, 9.17) is 15.2 Å². The quantitative estimate of drug-likeness (QED) is 0.709. The number of benzene rings is 1. The number of nitrogens with two attached hydrogens (primary N) is 1. The molecule has 1 aromatic carbocycles. The van der Waals surface area contributed by atoms with E-state index in [0.717, 1.165) is 12.2 Å². The Hall–Kier alpha value is -1.59. The molecule has 0 aliphatic rings. The predicted molar refractivity (Wildman–Crippen MR) is 79.0 cm³/mol. The first-order chi connectivity index (χ1) is 9.48. The van der Waals surface area contributed by atoms with Crippen LogP contribution in [0.4, 0.5) is 0 Å². The minimum Gasteiger partial charge on any atom is -0.497 e. The number of rotatable bonds is 8. The van der Waals surface area contributed by atoms with Crippen molar-refractivity contribution in [1.29, 1.82) is 0 Å². The molecule has 5 heteroatoms. The summed E-state index contributed by atoms with van der Waals surface area (Å²) < 4.78 is 10.7. The summed E-state index contributed by atoms with van der Waals surface area (Å²) in [6.07, 6.45) is 0.791. The molecule has 1 rings (SSSR count). The van der Waals surface area contributed by atoms with Crippen LogP contribution in [0.1, 0.15) is 30.6 Å². The van der Waals surface area contributed by atoms with Gasteiger partial charge in [0.1, 0.15) is 5.75 Å². The third kappa shape index (κ3) is 5.59. The maximum absolute atomic E-state index is 11.9. The number of carbonyl (C=O) groups is 1. The number of carbonyl (C=O) groups excluding carboxylic acids is 1. The molecular weight excluding hydrogens is 256 g/mol. The summed E-state index contributed by atoms with van der Waals surface area (Å²) in [7, 11) is 1.59. The zero-order chi connectivity index (χ0) is 15.0. The Morgan fingerprint density at radius 2 is 1.95 bits per heavy atom. The van der Waals surface area contributed by atoms with Gasteiger partial charge in [-0.2, -0.15) is 0 Å². The number of methoxy groups -OCH3 is 1. The first-order valence-electron chi connectivity index (χ1n) is 6.75. The van der Waals surface area contributed by atoms with E-state index in [1.165, 1.54) is 0 Å². The van der Waals surface area contributed by atoms with Gasteiger partial charge >= 0.3 is 0 Å². The lowest BCUT2D eigenvalue weighted by Crippen LogP contribution is -2.33. The molecule has 1 aromatic rings. The largest absolute Gasteiger partial charge is 0.497 e. The van der Waals surface area contributed by atoms with Gasteiger partial charge in [0, 0.05) is 12.1 Å². The van der Waals surface area contributed by atoms with Crippen molar-refractivity contribution < 1.29 is 14.3 Å². The van der Waals surface area contributed by atoms with E-state index in [9.17, 15) is 4.79 Å². The second-order valence-electron chi connectivity index (χ2n) is 5.13. The minimum atomic E-state index is -0.250. The SMILES string of the molecule is COc1ccc(C(=O)NCCOC(C)(C)CCN)cc1. The molecule has 0 unspecified atom stereocenters. The van der Waals surface area contributed by atoms with Gasteiger partial charge in [-0.05, 0) is 51.1 Å². The highest BCUT2D eigenvalue weighted by Gasteiger charge is 2.16. The molecule has 0 spiro atoms. The van der Waals surface area contributed by atoms with Gasteiger partial charge in [0.15, 0.2) is 0 Å². The fraction of sp³-hybridized carbons (Fsp3) is 0.533. The van der Waals surface area contributed by atoms with E-state index < -0.39 is 0 Å². The first kappa shape index (κ1) is 16.5. The lowest BCUT2D eigenvalue weighted by Gasteiger charge is -2.24. The van der Waals surface area contributed by atoms with Crippen molar-refractivity contribution in [1.82, 2.24) is 5.32 Å². The van der Waals surface area contributed by atoms with E-state index in [1.807, 2.05) is 13.8 Å². The zero-order valence-electron chi connectivity index (χ0n) is 12.4. The number of hydrogen-bond donors (Lipinski definition) is 2. The maximum Gasteiger partial charge on any atom is 0.251 e. The third-order valence-electron chi connectivity index (χ3n) is 2.98. The molecule has 0 heterocycles.